The summed E-state index contributed by atoms with van der Waals surface area (Å²) < 4.78 is 19.9. The van der Waals surface area contributed by atoms with Crippen molar-refractivity contribution in [3.63, 3.8) is 0 Å². The second kappa shape index (κ2) is 8.48. The second-order valence-corrected chi connectivity index (χ2v) is 6.27. The van der Waals surface area contributed by atoms with E-state index in [0.717, 1.165) is 18.9 Å². The molecule has 3 N–H and O–H groups in total. The predicted molar refractivity (Wildman–Crippen MR) is 101 cm³/mol. The van der Waals surface area contributed by atoms with E-state index in [-0.39, 0.29) is 24.7 Å². The van der Waals surface area contributed by atoms with Crippen LogP contribution in [-0.2, 0) is 16.1 Å². The number of carbonyl (C=O) groups excluding carboxylic acids is 1. The molecule has 2 heterocycles. The van der Waals surface area contributed by atoms with Gasteiger partial charge in [-0.25, -0.2) is 9.37 Å². The lowest BCUT2D eigenvalue weighted by molar-refractivity contribution is -0.143. The van der Waals surface area contributed by atoms with E-state index < -0.39 is 5.97 Å². The number of halogens is 1. The first-order valence-electron chi connectivity index (χ1n) is 8.71. The molecule has 27 heavy (non-hydrogen) atoms. The van der Waals surface area contributed by atoms with Crippen LogP contribution >= 0.6 is 0 Å². The zero-order valence-corrected chi connectivity index (χ0v) is 14.9. The predicted octanol–water partition coefficient (Wildman–Crippen LogP) is 1.92. The lowest BCUT2D eigenvalue weighted by Crippen LogP contribution is -2.47. The fourth-order valence-corrected chi connectivity index (χ4v) is 3.00. The Balaban J connectivity index is 1.62. The molecule has 1 saturated heterocycles. The maximum absolute atomic E-state index is 14.9. The Kier molecular flexibility index (Phi) is 5.85. The van der Waals surface area contributed by atoms with Crippen LogP contribution in [-0.4, -0.2) is 43.0 Å². The van der Waals surface area contributed by atoms with Crippen molar-refractivity contribution in [1.29, 1.82) is 5.41 Å². The topological polar surface area (TPSA) is 95.5 Å². The van der Waals surface area contributed by atoms with Crippen LogP contribution in [0.15, 0.2) is 42.6 Å². The Morgan fingerprint density at radius 1 is 1.15 bits per heavy atom. The number of aromatic nitrogens is 1. The molecule has 2 aromatic rings. The maximum atomic E-state index is 14.9. The highest BCUT2D eigenvalue weighted by Crippen LogP contribution is 2.25. The molecule has 0 amide bonds. The van der Waals surface area contributed by atoms with Gasteiger partial charge in [0.15, 0.2) is 5.82 Å². The average Bonchev–Trinajstić information content (AvgIpc) is 2.67. The van der Waals surface area contributed by atoms with E-state index in [2.05, 4.69) is 9.88 Å². The largest absolute Gasteiger partial charge is 0.460 e. The van der Waals surface area contributed by atoms with Gasteiger partial charge in [0, 0.05) is 37.9 Å². The van der Waals surface area contributed by atoms with E-state index in [0.29, 0.717) is 24.3 Å². The minimum atomic E-state index is -0.642. The number of rotatable bonds is 6. The molecule has 142 valence electrons. The average molecular weight is 371 g/mol. The van der Waals surface area contributed by atoms with Crippen molar-refractivity contribution in [3.05, 3.63) is 54.0 Å². The summed E-state index contributed by atoms with van der Waals surface area (Å²) in [5.74, 6) is -0.389. The van der Waals surface area contributed by atoms with Gasteiger partial charge in [-0.15, -0.1) is 0 Å². The molecule has 1 fully saturated rings. The number of carbonyl (C=O) groups is 1. The van der Waals surface area contributed by atoms with Crippen molar-refractivity contribution in [1.82, 2.24) is 4.98 Å². The molecule has 1 aromatic heterocycles. The number of nitrogens with one attached hydrogen (secondary N) is 1. The van der Waals surface area contributed by atoms with Gasteiger partial charge in [0.25, 0.3) is 0 Å². The Labute approximate surface area is 157 Å². The normalized spacial score (nSPS) is 14.1. The number of benzene rings is 1. The SMILES string of the molecule is N=C(N)CC(=O)OCc1cccc(N2CCN(c3ccccn3)CC2)c1F. The summed E-state index contributed by atoms with van der Waals surface area (Å²) >= 11 is 0. The van der Waals surface area contributed by atoms with Gasteiger partial charge >= 0.3 is 5.97 Å². The molecule has 0 saturated carbocycles. The summed E-state index contributed by atoms with van der Waals surface area (Å²) in [5, 5.41) is 7.08. The number of hydrogen-bond acceptors (Lipinski definition) is 6. The van der Waals surface area contributed by atoms with Crippen molar-refractivity contribution in [2.45, 2.75) is 13.0 Å². The molecule has 1 aromatic carbocycles. The Hall–Kier alpha value is -3.16. The van der Waals surface area contributed by atoms with Crippen LogP contribution in [0.1, 0.15) is 12.0 Å². The monoisotopic (exact) mass is 371 g/mol. The zero-order valence-electron chi connectivity index (χ0n) is 14.9. The fraction of sp³-hybridized carbons (Fsp3) is 0.316. The number of hydrogen-bond donors (Lipinski definition) is 2. The first-order chi connectivity index (χ1) is 13.0. The number of esters is 1. The van der Waals surface area contributed by atoms with Crippen LogP contribution in [0.5, 0.6) is 0 Å². The number of anilines is 2. The third-order valence-corrected chi connectivity index (χ3v) is 4.38. The molecule has 0 radical (unpaired) electrons. The van der Waals surface area contributed by atoms with Crippen LogP contribution in [0, 0.1) is 11.2 Å². The van der Waals surface area contributed by atoms with Gasteiger partial charge in [0.1, 0.15) is 24.7 Å². The second-order valence-electron chi connectivity index (χ2n) is 6.27. The third kappa shape index (κ3) is 4.72. The molecule has 0 bridgehead atoms. The van der Waals surface area contributed by atoms with Gasteiger partial charge in [0.2, 0.25) is 0 Å². The highest BCUT2D eigenvalue weighted by Gasteiger charge is 2.21. The molecule has 7 nitrogen and oxygen atoms in total. The maximum Gasteiger partial charge on any atom is 0.313 e. The van der Waals surface area contributed by atoms with Crippen LogP contribution in [0.4, 0.5) is 15.9 Å². The lowest BCUT2D eigenvalue weighted by Gasteiger charge is -2.37. The Morgan fingerprint density at radius 3 is 2.56 bits per heavy atom. The third-order valence-electron chi connectivity index (χ3n) is 4.38. The quantitative estimate of drug-likeness (QED) is 0.458. The van der Waals surface area contributed by atoms with E-state index in [9.17, 15) is 9.18 Å². The molecular weight excluding hydrogens is 349 g/mol. The Bertz CT molecular complexity index is 807. The van der Waals surface area contributed by atoms with Crippen molar-refractivity contribution < 1.29 is 13.9 Å². The van der Waals surface area contributed by atoms with E-state index >= 15 is 0 Å². The van der Waals surface area contributed by atoms with E-state index in [1.54, 1.807) is 24.4 Å². The molecule has 1 aliphatic rings. The van der Waals surface area contributed by atoms with Gasteiger partial charge in [-0.2, -0.15) is 0 Å². The highest BCUT2D eigenvalue weighted by molar-refractivity contribution is 5.94. The molecule has 0 aliphatic carbocycles. The van der Waals surface area contributed by atoms with Crippen molar-refractivity contribution >= 4 is 23.3 Å². The van der Waals surface area contributed by atoms with Crippen molar-refractivity contribution in [2.75, 3.05) is 36.0 Å². The van der Waals surface area contributed by atoms with Gasteiger partial charge < -0.3 is 20.3 Å². The molecule has 3 rings (SSSR count). The van der Waals surface area contributed by atoms with Gasteiger partial charge in [-0.3, -0.25) is 10.2 Å². The zero-order chi connectivity index (χ0) is 19.2. The minimum Gasteiger partial charge on any atom is -0.460 e. The minimum absolute atomic E-state index is 0.181. The fourth-order valence-electron chi connectivity index (χ4n) is 3.00. The summed E-state index contributed by atoms with van der Waals surface area (Å²) in [7, 11) is 0. The first kappa shape index (κ1) is 18.6. The van der Waals surface area contributed by atoms with Crippen LogP contribution in [0.2, 0.25) is 0 Å². The number of piperazine rings is 1. The van der Waals surface area contributed by atoms with E-state index in [1.165, 1.54) is 0 Å². The first-order valence-corrected chi connectivity index (χ1v) is 8.71. The van der Waals surface area contributed by atoms with Gasteiger partial charge in [-0.1, -0.05) is 18.2 Å². The van der Waals surface area contributed by atoms with Crippen LogP contribution in [0.25, 0.3) is 0 Å². The number of amidine groups is 1. The molecule has 0 atom stereocenters. The summed E-state index contributed by atoms with van der Waals surface area (Å²) in [6, 6.07) is 10.9. The smallest absolute Gasteiger partial charge is 0.313 e. The molecule has 1 aliphatic heterocycles. The number of nitrogens with two attached hydrogens (primary N) is 1. The summed E-state index contributed by atoms with van der Waals surface area (Å²) in [6.45, 7) is 2.64. The van der Waals surface area contributed by atoms with Crippen molar-refractivity contribution in [3.8, 4) is 0 Å². The summed E-state index contributed by atoms with van der Waals surface area (Å²) in [6.07, 6.45) is 1.47. The van der Waals surface area contributed by atoms with Gasteiger partial charge in [0.05, 0.1) is 5.69 Å². The number of nitrogens with zero attached hydrogens (tertiary/aromatic N) is 3. The number of ether oxygens (including phenoxy) is 1. The molecule has 0 unspecified atom stereocenters. The van der Waals surface area contributed by atoms with Crippen LogP contribution < -0.4 is 15.5 Å². The highest BCUT2D eigenvalue weighted by atomic mass is 19.1. The molecular formula is C19H22FN5O2. The lowest BCUT2D eigenvalue weighted by atomic mass is 10.1. The van der Waals surface area contributed by atoms with Crippen LogP contribution in [0.3, 0.4) is 0 Å². The van der Waals surface area contributed by atoms with E-state index in [4.69, 9.17) is 15.9 Å². The van der Waals surface area contributed by atoms with Gasteiger partial charge in [-0.05, 0) is 18.2 Å². The van der Waals surface area contributed by atoms with E-state index in [1.807, 2.05) is 23.1 Å². The van der Waals surface area contributed by atoms with Crippen molar-refractivity contribution in [2.24, 2.45) is 5.73 Å². The standard InChI is InChI=1S/C19H22FN5O2/c20-19-14(13-27-18(26)12-16(21)22)4-3-5-15(19)24-8-10-25(11-9-24)17-6-1-2-7-23-17/h1-7H,8-13H2,(H3,21,22). The Morgan fingerprint density at radius 2 is 1.89 bits per heavy atom. The molecule has 0 spiro atoms. The molecule has 8 heteroatoms. The number of pyridine rings is 1. The summed E-state index contributed by atoms with van der Waals surface area (Å²) in [5.41, 5.74) is 5.96. The summed E-state index contributed by atoms with van der Waals surface area (Å²) in [4.78, 5) is 20.0.